The Morgan fingerprint density at radius 2 is 1.91 bits per heavy atom. The van der Waals surface area contributed by atoms with Crippen LogP contribution < -0.4 is 0 Å². The fourth-order valence-electron chi connectivity index (χ4n) is 6.85. The van der Waals surface area contributed by atoms with E-state index in [9.17, 15) is 9.59 Å². The number of fused-ring (bicyclic) bond motifs is 5. The average molecular weight is 300 g/mol. The highest BCUT2D eigenvalue weighted by Crippen LogP contribution is 2.63. The monoisotopic (exact) mass is 300 g/mol. The van der Waals surface area contributed by atoms with Crippen LogP contribution in [0, 0.1) is 35.0 Å². The van der Waals surface area contributed by atoms with Gasteiger partial charge in [0.2, 0.25) is 0 Å². The third-order valence-electron chi connectivity index (χ3n) is 7.79. The second-order valence-corrected chi connectivity index (χ2v) is 8.59. The first-order valence-electron chi connectivity index (χ1n) is 9.24. The van der Waals surface area contributed by atoms with Crippen molar-refractivity contribution < 1.29 is 9.59 Å². The average Bonchev–Trinajstić information content (AvgIpc) is 2.84. The molecule has 4 unspecified atom stereocenters. The SMILES string of the molecule is CC(=O)[C@@H]1CCC2C3CCC4=CC(=O)CCC4C3CC[C@@]21C. The molecule has 0 N–H and O–H groups in total. The van der Waals surface area contributed by atoms with Gasteiger partial charge in [0.25, 0.3) is 0 Å². The van der Waals surface area contributed by atoms with E-state index in [0.717, 1.165) is 43.4 Å². The summed E-state index contributed by atoms with van der Waals surface area (Å²) in [6, 6.07) is 0. The number of ketones is 2. The van der Waals surface area contributed by atoms with Crippen molar-refractivity contribution in [1.82, 2.24) is 0 Å². The molecule has 0 saturated heterocycles. The van der Waals surface area contributed by atoms with Crippen LogP contribution in [-0.4, -0.2) is 11.6 Å². The van der Waals surface area contributed by atoms with Gasteiger partial charge in [0.15, 0.2) is 5.78 Å². The molecule has 0 heterocycles. The maximum absolute atomic E-state index is 12.1. The van der Waals surface area contributed by atoms with Crippen molar-refractivity contribution in [2.24, 2.45) is 35.0 Å². The third-order valence-corrected chi connectivity index (χ3v) is 7.79. The molecule has 4 aliphatic rings. The quantitative estimate of drug-likeness (QED) is 0.722. The maximum atomic E-state index is 12.1. The van der Waals surface area contributed by atoms with Crippen molar-refractivity contribution in [3.8, 4) is 0 Å². The molecule has 0 aromatic heterocycles. The van der Waals surface area contributed by atoms with Crippen LogP contribution in [0.2, 0.25) is 0 Å². The van der Waals surface area contributed by atoms with Crippen molar-refractivity contribution in [1.29, 1.82) is 0 Å². The van der Waals surface area contributed by atoms with Gasteiger partial charge in [-0.05, 0) is 87.0 Å². The van der Waals surface area contributed by atoms with Crippen LogP contribution >= 0.6 is 0 Å². The van der Waals surface area contributed by atoms with E-state index in [0.29, 0.717) is 23.4 Å². The molecule has 4 aliphatic carbocycles. The molecule has 0 radical (unpaired) electrons. The molecule has 3 saturated carbocycles. The van der Waals surface area contributed by atoms with Crippen molar-refractivity contribution >= 4 is 11.6 Å². The Kier molecular flexibility index (Phi) is 3.36. The first-order chi connectivity index (χ1) is 10.5. The number of allylic oxidation sites excluding steroid dienone is 1. The molecule has 2 heteroatoms. The Morgan fingerprint density at radius 3 is 2.68 bits per heavy atom. The van der Waals surface area contributed by atoms with Gasteiger partial charge in [0.1, 0.15) is 5.78 Å². The number of carbonyl (C=O) groups excluding carboxylic acids is 2. The smallest absolute Gasteiger partial charge is 0.155 e. The van der Waals surface area contributed by atoms with E-state index in [4.69, 9.17) is 0 Å². The first-order valence-corrected chi connectivity index (χ1v) is 9.24. The van der Waals surface area contributed by atoms with Crippen LogP contribution in [0.5, 0.6) is 0 Å². The van der Waals surface area contributed by atoms with Crippen LogP contribution in [0.15, 0.2) is 11.6 Å². The maximum Gasteiger partial charge on any atom is 0.155 e. The standard InChI is InChI=1S/C20H28O2/c1-12(21)18-7-8-19-17-5-3-13-11-14(22)4-6-15(13)16(17)9-10-20(18,19)2/h11,15-19H,3-10H2,1-2H3/t15?,16?,17?,18-,19?,20+/m0/s1. The minimum atomic E-state index is 0.263. The van der Waals surface area contributed by atoms with Crippen LogP contribution in [-0.2, 0) is 9.59 Å². The van der Waals surface area contributed by atoms with E-state index in [2.05, 4.69) is 6.92 Å². The third kappa shape index (κ3) is 1.98. The lowest BCUT2D eigenvalue weighted by Gasteiger charge is -2.53. The summed E-state index contributed by atoms with van der Waals surface area (Å²) in [5.41, 5.74) is 1.72. The Morgan fingerprint density at radius 1 is 1.09 bits per heavy atom. The number of carbonyl (C=O) groups is 2. The fourth-order valence-corrected chi connectivity index (χ4v) is 6.85. The summed E-state index contributed by atoms with van der Waals surface area (Å²) in [4.78, 5) is 23.8. The van der Waals surface area contributed by atoms with Crippen molar-refractivity contribution in [3.05, 3.63) is 11.6 Å². The number of Topliss-reactive ketones (excluding diaryl/α,β-unsaturated/α-hetero) is 1. The Hall–Kier alpha value is -0.920. The van der Waals surface area contributed by atoms with Crippen molar-refractivity contribution in [3.63, 3.8) is 0 Å². The second kappa shape index (κ2) is 5.04. The van der Waals surface area contributed by atoms with Gasteiger partial charge in [-0.1, -0.05) is 12.5 Å². The lowest BCUT2D eigenvalue weighted by atomic mass is 9.51. The Bertz CT molecular complexity index is 546. The zero-order valence-corrected chi connectivity index (χ0v) is 13.9. The van der Waals surface area contributed by atoms with Gasteiger partial charge < -0.3 is 0 Å². The molecule has 0 amide bonds. The summed E-state index contributed by atoms with van der Waals surface area (Å²) in [5, 5.41) is 0. The van der Waals surface area contributed by atoms with Gasteiger partial charge in [-0.2, -0.15) is 0 Å². The molecular formula is C20H28O2. The van der Waals surface area contributed by atoms with E-state index in [1.54, 1.807) is 6.92 Å². The second-order valence-electron chi connectivity index (χ2n) is 8.59. The van der Waals surface area contributed by atoms with Gasteiger partial charge in [0.05, 0.1) is 0 Å². The van der Waals surface area contributed by atoms with Crippen LogP contribution in [0.25, 0.3) is 0 Å². The lowest BCUT2D eigenvalue weighted by Crippen LogP contribution is -2.47. The molecule has 6 atom stereocenters. The molecule has 22 heavy (non-hydrogen) atoms. The molecule has 0 aliphatic heterocycles. The van der Waals surface area contributed by atoms with Crippen LogP contribution in [0.4, 0.5) is 0 Å². The number of hydrogen-bond acceptors (Lipinski definition) is 2. The molecular weight excluding hydrogens is 272 g/mol. The van der Waals surface area contributed by atoms with Crippen molar-refractivity contribution in [2.45, 2.75) is 65.2 Å². The summed E-state index contributed by atoms with van der Waals surface area (Å²) in [6.45, 7) is 4.21. The minimum absolute atomic E-state index is 0.263. The van der Waals surface area contributed by atoms with Gasteiger partial charge in [-0.25, -0.2) is 0 Å². The van der Waals surface area contributed by atoms with Gasteiger partial charge in [-0.15, -0.1) is 0 Å². The summed E-state index contributed by atoms with van der Waals surface area (Å²) in [7, 11) is 0. The lowest BCUT2D eigenvalue weighted by molar-refractivity contribution is -0.127. The predicted molar refractivity (Wildman–Crippen MR) is 86.3 cm³/mol. The van der Waals surface area contributed by atoms with Crippen LogP contribution in [0.3, 0.4) is 0 Å². The van der Waals surface area contributed by atoms with Crippen molar-refractivity contribution in [2.75, 3.05) is 0 Å². The summed E-state index contributed by atoms with van der Waals surface area (Å²) in [5.74, 6) is 4.10. The molecule has 3 fully saturated rings. The van der Waals surface area contributed by atoms with E-state index in [-0.39, 0.29) is 5.41 Å². The zero-order valence-electron chi connectivity index (χ0n) is 13.9. The number of hydrogen-bond donors (Lipinski definition) is 0. The fraction of sp³-hybridized carbons (Fsp3) is 0.800. The van der Waals surface area contributed by atoms with E-state index in [1.165, 1.54) is 31.3 Å². The first kappa shape index (κ1) is 14.7. The highest BCUT2D eigenvalue weighted by molar-refractivity contribution is 5.91. The van der Waals surface area contributed by atoms with Gasteiger partial charge >= 0.3 is 0 Å². The van der Waals surface area contributed by atoms with E-state index < -0.39 is 0 Å². The highest BCUT2D eigenvalue weighted by Gasteiger charge is 2.57. The molecule has 2 nitrogen and oxygen atoms in total. The summed E-state index contributed by atoms with van der Waals surface area (Å²) < 4.78 is 0. The molecule has 4 rings (SSSR count). The Labute approximate surface area is 133 Å². The van der Waals surface area contributed by atoms with Crippen LogP contribution in [0.1, 0.15) is 65.2 Å². The highest BCUT2D eigenvalue weighted by atomic mass is 16.1. The van der Waals surface area contributed by atoms with E-state index in [1.807, 2.05) is 6.08 Å². The van der Waals surface area contributed by atoms with E-state index >= 15 is 0 Å². The predicted octanol–water partition coefficient (Wildman–Crippen LogP) is 4.33. The van der Waals surface area contributed by atoms with Gasteiger partial charge in [-0.3, -0.25) is 9.59 Å². The Balaban J connectivity index is 1.62. The largest absolute Gasteiger partial charge is 0.300 e. The molecule has 0 aromatic rings. The summed E-state index contributed by atoms with van der Waals surface area (Å²) in [6.07, 6.45) is 11.1. The summed E-state index contributed by atoms with van der Waals surface area (Å²) >= 11 is 0. The molecule has 0 bridgehead atoms. The number of rotatable bonds is 1. The topological polar surface area (TPSA) is 34.1 Å². The normalized spacial score (nSPS) is 47.3. The minimum Gasteiger partial charge on any atom is -0.300 e. The molecule has 0 aromatic carbocycles. The molecule has 0 spiro atoms. The van der Waals surface area contributed by atoms with Gasteiger partial charge in [0, 0.05) is 12.3 Å². The molecule has 120 valence electrons. The zero-order chi connectivity index (χ0) is 15.5.